The van der Waals surface area contributed by atoms with Gasteiger partial charge in [0, 0.05) is 36.1 Å². The molecule has 118 valence electrons. The van der Waals surface area contributed by atoms with Crippen LogP contribution in [0.25, 0.3) is 10.9 Å². The van der Waals surface area contributed by atoms with Crippen molar-refractivity contribution in [3.8, 4) is 0 Å². The van der Waals surface area contributed by atoms with Gasteiger partial charge in [-0.25, -0.2) is 0 Å². The van der Waals surface area contributed by atoms with Crippen molar-refractivity contribution in [1.29, 1.82) is 0 Å². The van der Waals surface area contributed by atoms with Crippen LogP contribution in [-0.4, -0.2) is 28.4 Å². The Kier molecular flexibility index (Phi) is 4.81. The number of hydrogen-bond acceptors (Lipinski definition) is 1. The van der Waals surface area contributed by atoms with E-state index in [-0.39, 0.29) is 0 Å². The molecule has 22 heavy (non-hydrogen) atoms. The highest BCUT2D eigenvalue weighted by molar-refractivity contribution is 5.83. The molecule has 1 aromatic heterocycles. The summed E-state index contributed by atoms with van der Waals surface area (Å²) in [6.45, 7) is 2.96. The number of aryl methyl sites for hydroxylation is 1. The number of aromatic nitrogens is 1. The predicted octanol–water partition coefficient (Wildman–Crippen LogP) is 4.28. The molecule has 0 saturated heterocycles. The normalized spacial score (nSPS) is 15.5. The zero-order valence-corrected chi connectivity index (χ0v) is 13.5. The number of benzene rings is 1. The first-order valence-electron chi connectivity index (χ1n) is 8.64. The Bertz CT molecular complexity index is 625. The van der Waals surface area contributed by atoms with Crippen LogP contribution in [0.3, 0.4) is 0 Å². The van der Waals surface area contributed by atoms with Gasteiger partial charge in [0.15, 0.2) is 0 Å². The highest BCUT2D eigenvalue weighted by Crippen LogP contribution is 2.24. The maximum atomic E-state index is 12.5. The van der Waals surface area contributed by atoms with E-state index in [1.54, 1.807) is 0 Å². The molecule has 0 bridgehead atoms. The number of fused-ring (bicyclic) bond motifs is 1. The number of H-pyrrole nitrogens is 1. The maximum absolute atomic E-state index is 12.5. The standard InChI is InChI=1S/C19H26N2O/c1-2-21(16-9-3-4-10-16)19(22)13-7-8-15-14-20-18-12-6-5-11-17(15)18/h5-6,11-12,14,16,20H,2-4,7-10,13H2,1H3. The van der Waals surface area contributed by atoms with Crippen molar-refractivity contribution in [1.82, 2.24) is 9.88 Å². The lowest BCUT2D eigenvalue weighted by atomic mass is 10.1. The van der Waals surface area contributed by atoms with E-state index in [1.165, 1.54) is 42.1 Å². The first kappa shape index (κ1) is 15.1. The van der Waals surface area contributed by atoms with E-state index in [0.29, 0.717) is 18.4 Å². The van der Waals surface area contributed by atoms with E-state index >= 15 is 0 Å². The lowest BCUT2D eigenvalue weighted by Crippen LogP contribution is -2.38. The summed E-state index contributed by atoms with van der Waals surface area (Å²) < 4.78 is 0. The third kappa shape index (κ3) is 3.18. The fourth-order valence-electron chi connectivity index (χ4n) is 3.77. The molecule has 3 rings (SSSR count). The van der Waals surface area contributed by atoms with Gasteiger partial charge in [-0.3, -0.25) is 4.79 Å². The van der Waals surface area contributed by atoms with Crippen LogP contribution in [-0.2, 0) is 11.2 Å². The summed E-state index contributed by atoms with van der Waals surface area (Å²) in [6.07, 6.45) is 9.62. The molecule has 1 heterocycles. The summed E-state index contributed by atoms with van der Waals surface area (Å²) in [5.74, 6) is 0.342. The summed E-state index contributed by atoms with van der Waals surface area (Å²) in [5.41, 5.74) is 2.51. The molecule has 0 spiro atoms. The number of aromatic amines is 1. The zero-order valence-electron chi connectivity index (χ0n) is 13.5. The Morgan fingerprint density at radius 3 is 2.82 bits per heavy atom. The number of para-hydroxylation sites is 1. The third-order valence-corrected chi connectivity index (χ3v) is 4.94. The molecule has 1 fully saturated rings. The average molecular weight is 298 g/mol. The molecule has 2 aromatic rings. The molecule has 3 nitrogen and oxygen atoms in total. The lowest BCUT2D eigenvalue weighted by molar-refractivity contribution is -0.133. The van der Waals surface area contributed by atoms with E-state index in [9.17, 15) is 4.79 Å². The second-order valence-electron chi connectivity index (χ2n) is 6.33. The van der Waals surface area contributed by atoms with Crippen molar-refractivity contribution in [2.24, 2.45) is 0 Å². The van der Waals surface area contributed by atoms with Gasteiger partial charge in [-0.15, -0.1) is 0 Å². The second kappa shape index (κ2) is 6.99. The number of carbonyl (C=O) groups excluding carboxylic acids is 1. The largest absolute Gasteiger partial charge is 0.361 e. The lowest BCUT2D eigenvalue weighted by Gasteiger charge is -2.27. The summed E-state index contributed by atoms with van der Waals surface area (Å²) in [6, 6.07) is 8.88. The van der Waals surface area contributed by atoms with E-state index in [1.807, 2.05) is 6.07 Å². The number of amides is 1. The minimum absolute atomic E-state index is 0.342. The number of carbonyl (C=O) groups is 1. The monoisotopic (exact) mass is 298 g/mol. The molecule has 0 atom stereocenters. The van der Waals surface area contributed by atoms with Crippen molar-refractivity contribution >= 4 is 16.8 Å². The Balaban J connectivity index is 1.54. The topological polar surface area (TPSA) is 36.1 Å². The summed E-state index contributed by atoms with van der Waals surface area (Å²) in [4.78, 5) is 17.9. The van der Waals surface area contributed by atoms with Gasteiger partial charge < -0.3 is 9.88 Å². The van der Waals surface area contributed by atoms with Crippen LogP contribution >= 0.6 is 0 Å². The first-order chi connectivity index (χ1) is 10.8. The highest BCUT2D eigenvalue weighted by atomic mass is 16.2. The van der Waals surface area contributed by atoms with Crippen LogP contribution in [0.5, 0.6) is 0 Å². The van der Waals surface area contributed by atoms with Gasteiger partial charge >= 0.3 is 0 Å². The second-order valence-corrected chi connectivity index (χ2v) is 6.33. The number of hydrogen-bond donors (Lipinski definition) is 1. The van der Waals surface area contributed by atoms with Gasteiger partial charge in [-0.1, -0.05) is 31.0 Å². The van der Waals surface area contributed by atoms with Gasteiger partial charge in [0.1, 0.15) is 0 Å². The molecule has 1 aromatic carbocycles. The van der Waals surface area contributed by atoms with E-state index < -0.39 is 0 Å². The van der Waals surface area contributed by atoms with Gasteiger partial charge in [-0.2, -0.15) is 0 Å². The molecule has 1 N–H and O–H groups in total. The van der Waals surface area contributed by atoms with Crippen LogP contribution < -0.4 is 0 Å². The van der Waals surface area contributed by atoms with E-state index in [0.717, 1.165) is 19.4 Å². The Labute approximate surface area is 132 Å². The van der Waals surface area contributed by atoms with Crippen LogP contribution in [0.2, 0.25) is 0 Å². The van der Waals surface area contributed by atoms with Crippen molar-refractivity contribution in [2.75, 3.05) is 6.54 Å². The van der Waals surface area contributed by atoms with Gasteiger partial charge in [0.2, 0.25) is 5.91 Å². The molecule has 0 unspecified atom stereocenters. The molecule has 1 aliphatic carbocycles. The molecular weight excluding hydrogens is 272 g/mol. The molecular formula is C19H26N2O. The molecule has 1 aliphatic rings. The summed E-state index contributed by atoms with van der Waals surface area (Å²) >= 11 is 0. The third-order valence-electron chi connectivity index (χ3n) is 4.94. The van der Waals surface area contributed by atoms with Crippen LogP contribution in [0, 0.1) is 0 Å². The Hall–Kier alpha value is -1.77. The van der Waals surface area contributed by atoms with E-state index in [4.69, 9.17) is 0 Å². The number of nitrogens with one attached hydrogen (secondary N) is 1. The van der Waals surface area contributed by atoms with Gasteiger partial charge in [0.25, 0.3) is 0 Å². The minimum atomic E-state index is 0.342. The highest BCUT2D eigenvalue weighted by Gasteiger charge is 2.24. The molecule has 1 amide bonds. The van der Waals surface area contributed by atoms with Crippen molar-refractivity contribution < 1.29 is 4.79 Å². The fraction of sp³-hybridized carbons (Fsp3) is 0.526. The van der Waals surface area contributed by atoms with Gasteiger partial charge in [-0.05, 0) is 44.2 Å². The fourth-order valence-corrected chi connectivity index (χ4v) is 3.77. The van der Waals surface area contributed by atoms with Crippen molar-refractivity contribution in [3.05, 3.63) is 36.0 Å². The summed E-state index contributed by atoms with van der Waals surface area (Å²) in [5, 5.41) is 1.29. The first-order valence-corrected chi connectivity index (χ1v) is 8.64. The number of rotatable bonds is 6. The van der Waals surface area contributed by atoms with E-state index in [2.05, 4.69) is 41.2 Å². The average Bonchev–Trinajstić information content (AvgIpc) is 3.18. The Morgan fingerprint density at radius 1 is 1.27 bits per heavy atom. The minimum Gasteiger partial charge on any atom is -0.361 e. The Morgan fingerprint density at radius 2 is 2.05 bits per heavy atom. The predicted molar refractivity (Wildman–Crippen MR) is 90.9 cm³/mol. The summed E-state index contributed by atoms with van der Waals surface area (Å²) in [7, 11) is 0. The molecule has 0 aliphatic heterocycles. The number of nitrogens with zero attached hydrogens (tertiary/aromatic N) is 1. The van der Waals surface area contributed by atoms with Crippen LogP contribution in [0.1, 0.15) is 51.0 Å². The zero-order chi connectivity index (χ0) is 15.4. The maximum Gasteiger partial charge on any atom is 0.222 e. The molecule has 1 saturated carbocycles. The van der Waals surface area contributed by atoms with Crippen molar-refractivity contribution in [3.63, 3.8) is 0 Å². The smallest absolute Gasteiger partial charge is 0.222 e. The van der Waals surface area contributed by atoms with Crippen LogP contribution in [0.4, 0.5) is 0 Å². The molecule has 0 radical (unpaired) electrons. The van der Waals surface area contributed by atoms with Crippen LogP contribution in [0.15, 0.2) is 30.5 Å². The van der Waals surface area contributed by atoms with Crippen molar-refractivity contribution in [2.45, 2.75) is 57.9 Å². The van der Waals surface area contributed by atoms with Gasteiger partial charge in [0.05, 0.1) is 0 Å². The molecule has 3 heteroatoms. The SMILES string of the molecule is CCN(C(=O)CCCc1c[nH]c2ccccc12)C1CCCC1. The quantitative estimate of drug-likeness (QED) is 0.849.